The van der Waals surface area contributed by atoms with Gasteiger partial charge in [0.05, 0.1) is 0 Å². The van der Waals surface area contributed by atoms with Crippen LogP contribution in [0.3, 0.4) is 0 Å². The third kappa shape index (κ3) is 6.27. The summed E-state index contributed by atoms with van der Waals surface area (Å²) in [6.07, 6.45) is 1.15. The van der Waals surface area contributed by atoms with Crippen LogP contribution in [0.2, 0.25) is 0 Å². The molecule has 0 unspecified atom stereocenters. The maximum Gasteiger partial charge on any atom is 0.191 e. The van der Waals surface area contributed by atoms with E-state index in [9.17, 15) is 0 Å². The molecule has 2 heterocycles. The van der Waals surface area contributed by atoms with E-state index in [1.807, 2.05) is 0 Å². The Hall–Kier alpha value is -0.860. The summed E-state index contributed by atoms with van der Waals surface area (Å²) in [7, 11) is 0. The molecule has 1 aromatic carbocycles. The first-order chi connectivity index (χ1) is 10.9. The molecule has 2 N–H and O–H groups in total. The Morgan fingerprint density at radius 2 is 1.78 bits per heavy atom. The second kappa shape index (κ2) is 10.1. The number of piperazine rings is 1. The zero-order valence-corrected chi connectivity index (χ0v) is 16.0. The summed E-state index contributed by atoms with van der Waals surface area (Å²) in [6.45, 7) is 9.79. The first kappa shape index (κ1) is 18.5. The van der Waals surface area contributed by atoms with Gasteiger partial charge in [-0.3, -0.25) is 14.8 Å². The molecule has 1 fully saturated rings. The van der Waals surface area contributed by atoms with E-state index in [2.05, 4.69) is 55.8 Å². The number of nitrogens with one attached hydrogen (secondary N) is 2. The molecule has 0 amide bonds. The highest BCUT2D eigenvalue weighted by Crippen LogP contribution is 2.07. The number of halogens is 1. The predicted molar refractivity (Wildman–Crippen MR) is 106 cm³/mol. The fourth-order valence-corrected chi connectivity index (χ4v) is 3.00. The highest BCUT2D eigenvalue weighted by Gasteiger charge is 2.16. The van der Waals surface area contributed by atoms with Crippen molar-refractivity contribution in [3.8, 4) is 0 Å². The second-order valence-corrected chi connectivity index (χ2v) is 6.04. The monoisotopic (exact) mass is 429 g/mol. The molecule has 6 heteroatoms. The number of guanidine groups is 1. The van der Waals surface area contributed by atoms with Crippen molar-refractivity contribution in [2.45, 2.75) is 13.0 Å². The minimum absolute atomic E-state index is 0. The molecule has 0 aromatic heterocycles. The number of hydrogen-bond acceptors (Lipinski definition) is 5. The number of nitrogens with zero attached hydrogens (tertiary/aromatic N) is 3. The topological polar surface area (TPSA) is 42.9 Å². The molecular weight excluding hydrogens is 401 g/mol. The van der Waals surface area contributed by atoms with Crippen LogP contribution in [-0.2, 0) is 6.54 Å². The average Bonchev–Trinajstić information content (AvgIpc) is 2.58. The number of aliphatic imine (C=N–C) groups is 1. The van der Waals surface area contributed by atoms with Gasteiger partial charge in [-0.2, -0.15) is 0 Å². The van der Waals surface area contributed by atoms with Gasteiger partial charge >= 0.3 is 0 Å². The molecule has 128 valence electrons. The Bertz CT molecular complexity index is 471. The number of hydrogen-bond donors (Lipinski definition) is 2. The van der Waals surface area contributed by atoms with Gasteiger partial charge in [-0.25, -0.2) is 0 Å². The summed E-state index contributed by atoms with van der Waals surface area (Å²) in [6, 6.07) is 10.8. The lowest BCUT2D eigenvalue weighted by molar-refractivity contribution is 0.129. The Labute approximate surface area is 156 Å². The molecule has 0 atom stereocenters. The van der Waals surface area contributed by atoms with Crippen LogP contribution in [0.5, 0.6) is 0 Å². The molecule has 0 spiro atoms. The van der Waals surface area contributed by atoms with Crippen molar-refractivity contribution in [1.29, 1.82) is 0 Å². The molecule has 1 aromatic rings. The Kier molecular flexibility index (Phi) is 8.11. The smallest absolute Gasteiger partial charge is 0.191 e. The quantitative estimate of drug-likeness (QED) is 0.694. The molecule has 23 heavy (non-hydrogen) atoms. The van der Waals surface area contributed by atoms with Crippen molar-refractivity contribution in [2.75, 3.05) is 52.4 Å². The van der Waals surface area contributed by atoms with E-state index < -0.39 is 0 Å². The maximum absolute atomic E-state index is 4.44. The van der Waals surface area contributed by atoms with Gasteiger partial charge < -0.3 is 10.6 Å². The Balaban J connectivity index is 0.00000192. The van der Waals surface area contributed by atoms with Crippen molar-refractivity contribution >= 4 is 29.9 Å². The molecule has 0 saturated carbocycles. The Morgan fingerprint density at radius 3 is 2.48 bits per heavy atom. The molecule has 0 radical (unpaired) electrons. The van der Waals surface area contributed by atoms with Gasteiger partial charge in [0.2, 0.25) is 0 Å². The van der Waals surface area contributed by atoms with Gasteiger partial charge in [-0.05, 0) is 12.0 Å². The van der Waals surface area contributed by atoms with E-state index in [-0.39, 0.29) is 24.0 Å². The number of rotatable bonds is 5. The zero-order chi connectivity index (χ0) is 15.0. The maximum atomic E-state index is 4.44. The summed E-state index contributed by atoms with van der Waals surface area (Å²) in [5.41, 5.74) is 1.42. The first-order valence-electron chi connectivity index (χ1n) is 8.41. The van der Waals surface area contributed by atoms with Crippen LogP contribution in [0.1, 0.15) is 12.0 Å². The van der Waals surface area contributed by atoms with E-state index in [0.29, 0.717) is 0 Å². The van der Waals surface area contributed by atoms with Gasteiger partial charge in [0.1, 0.15) is 0 Å². The fraction of sp³-hybridized carbons (Fsp3) is 0.588. The highest BCUT2D eigenvalue weighted by molar-refractivity contribution is 14.0. The summed E-state index contributed by atoms with van der Waals surface area (Å²) in [5.74, 6) is 0.981. The molecule has 1 saturated heterocycles. The van der Waals surface area contributed by atoms with Crippen LogP contribution < -0.4 is 10.6 Å². The molecule has 2 aliphatic heterocycles. The third-order valence-corrected chi connectivity index (χ3v) is 4.33. The van der Waals surface area contributed by atoms with Crippen molar-refractivity contribution in [3.05, 3.63) is 35.9 Å². The van der Waals surface area contributed by atoms with Crippen LogP contribution >= 0.6 is 24.0 Å². The predicted octanol–water partition coefficient (Wildman–Crippen LogP) is 1.36. The molecule has 2 aliphatic rings. The SMILES string of the molecule is I.c1ccc(CN2CCN(CCNC3=NCCCN3)CC2)cc1. The molecule has 3 rings (SSSR count). The van der Waals surface area contributed by atoms with Gasteiger partial charge in [0, 0.05) is 58.9 Å². The van der Waals surface area contributed by atoms with Gasteiger partial charge in [-0.1, -0.05) is 30.3 Å². The zero-order valence-electron chi connectivity index (χ0n) is 13.7. The fourth-order valence-electron chi connectivity index (χ4n) is 3.00. The third-order valence-electron chi connectivity index (χ3n) is 4.33. The van der Waals surface area contributed by atoms with Gasteiger partial charge in [0.25, 0.3) is 0 Å². The lowest BCUT2D eigenvalue weighted by Crippen LogP contribution is -2.49. The average molecular weight is 429 g/mol. The number of benzene rings is 1. The normalized spacial score (nSPS) is 19.4. The van der Waals surface area contributed by atoms with Crippen LogP contribution in [0, 0.1) is 0 Å². The standard InChI is InChI=1S/C17H27N5.HI/c1-2-5-16(6-3-1)15-22-13-11-21(12-14-22)10-9-20-17-18-7-4-8-19-17;/h1-3,5-6H,4,7-15H2,(H2,18,19,20);1H. The molecule has 0 bridgehead atoms. The van der Waals surface area contributed by atoms with Crippen molar-refractivity contribution in [2.24, 2.45) is 4.99 Å². The van der Waals surface area contributed by atoms with E-state index in [1.54, 1.807) is 0 Å². The lowest BCUT2D eigenvalue weighted by atomic mass is 10.2. The van der Waals surface area contributed by atoms with Gasteiger partial charge in [0.15, 0.2) is 5.96 Å². The summed E-state index contributed by atoms with van der Waals surface area (Å²) in [4.78, 5) is 9.53. The van der Waals surface area contributed by atoms with Crippen molar-refractivity contribution in [1.82, 2.24) is 20.4 Å². The van der Waals surface area contributed by atoms with Crippen LogP contribution in [0.15, 0.2) is 35.3 Å². The molecular formula is C17H28IN5. The minimum atomic E-state index is 0. The van der Waals surface area contributed by atoms with E-state index in [0.717, 1.165) is 71.3 Å². The summed E-state index contributed by atoms with van der Waals surface area (Å²) < 4.78 is 0. The van der Waals surface area contributed by atoms with Crippen molar-refractivity contribution < 1.29 is 0 Å². The van der Waals surface area contributed by atoms with E-state index in [1.165, 1.54) is 5.56 Å². The Morgan fingerprint density at radius 1 is 1.04 bits per heavy atom. The van der Waals surface area contributed by atoms with Crippen LogP contribution in [0.4, 0.5) is 0 Å². The summed E-state index contributed by atoms with van der Waals surface area (Å²) >= 11 is 0. The molecule has 5 nitrogen and oxygen atoms in total. The van der Waals surface area contributed by atoms with Crippen LogP contribution in [0.25, 0.3) is 0 Å². The van der Waals surface area contributed by atoms with Crippen LogP contribution in [-0.4, -0.2) is 68.1 Å². The van der Waals surface area contributed by atoms with E-state index in [4.69, 9.17) is 0 Å². The largest absolute Gasteiger partial charge is 0.356 e. The highest BCUT2D eigenvalue weighted by atomic mass is 127. The summed E-state index contributed by atoms with van der Waals surface area (Å²) in [5, 5.41) is 6.71. The lowest BCUT2D eigenvalue weighted by Gasteiger charge is -2.34. The van der Waals surface area contributed by atoms with E-state index >= 15 is 0 Å². The van der Waals surface area contributed by atoms with Crippen molar-refractivity contribution in [3.63, 3.8) is 0 Å². The van der Waals surface area contributed by atoms with Gasteiger partial charge in [-0.15, -0.1) is 24.0 Å². The first-order valence-corrected chi connectivity index (χ1v) is 8.41. The second-order valence-electron chi connectivity index (χ2n) is 6.04. The molecule has 0 aliphatic carbocycles. The minimum Gasteiger partial charge on any atom is -0.356 e.